The summed E-state index contributed by atoms with van der Waals surface area (Å²) in [5.41, 5.74) is 3.07. The van der Waals surface area contributed by atoms with Crippen molar-refractivity contribution >= 4 is 11.9 Å². The predicted octanol–water partition coefficient (Wildman–Crippen LogP) is 3.90. The zero-order valence-corrected chi connectivity index (χ0v) is 12.3. The van der Waals surface area contributed by atoms with Crippen LogP contribution in [0.1, 0.15) is 18.1 Å². The Kier molecular flexibility index (Phi) is 6.42. The van der Waals surface area contributed by atoms with Crippen molar-refractivity contribution in [3.63, 3.8) is 0 Å². The number of benzene rings is 2. The van der Waals surface area contributed by atoms with Crippen LogP contribution in [0.2, 0.25) is 0 Å². The maximum atomic E-state index is 11.7. The molecule has 0 aliphatic heterocycles. The van der Waals surface area contributed by atoms with Gasteiger partial charge in [0.25, 0.3) is 0 Å². The van der Waals surface area contributed by atoms with Gasteiger partial charge in [0.1, 0.15) is 0 Å². The maximum absolute atomic E-state index is 11.7. The van der Waals surface area contributed by atoms with E-state index in [1.165, 1.54) is 0 Å². The molecule has 0 saturated heterocycles. The molecule has 0 aromatic heterocycles. The van der Waals surface area contributed by atoms with Crippen LogP contribution in [0.25, 0.3) is 6.08 Å². The quantitative estimate of drug-likeness (QED) is 0.608. The Hall–Kier alpha value is -1.49. The number of ketones is 1. The topological polar surface area (TPSA) is 17.1 Å². The molecule has 0 N–H and O–H groups in total. The molecule has 0 radical (unpaired) electrons. The summed E-state index contributed by atoms with van der Waals surface area (Å²) in [5.74, 6) is 0.128. The molecule has 0 unspecified atom stereocenters. The van der Waals surface area contributed by atoms with Crippen molar-refractivity contribution in [3.05, 3.63) is 77.4 Å². The van der Waals surface area contributed by atoms with E-state index in [-0.39, 0.29) is 26.2 Å². The second-order valence-corrected chi connectivity index (χ2v) is 4.30. The van der Waals surface area contributed by atoms with Crippen molar-refractivity contribution in [1.29, 1.82) is 0 Å². The van der Waals surface area contributed by atoms with Crippen LogP contribution in [0, 0.1) is 0 Å². The Balaban J connectivity index is 0.00000180. The van der Waals surface area contributed by atoms with E-state index in [2.05, 4.69) is 0 Å². The van der Waals surface area contributed by atoms with Crippen LogP contribution < -0.4 is 0 Å². The van der Waals surface area contributed by atoms with Gasteiger partial charge in [0, 0.05) is 26.8 Å². The summed E-state index contributed by atoms with van der Waals surface area (Å²) < 4.78 is 0. The largest absolute Gasteiger partial charge is 0.295 e. The fourth-order valence-corrected chi connectivity index (χ4v) is 1.84. The van der Waals surface area contributed by atoms with E-state index in [9.17, 15) is 4.79 Å². The molecule has 0 fully saturated rings. The van der Waals surface area contributed by atoms with Crippen LogP contribution in [0.15, 0.2) is 66.2 Å². The summed E-state index contributed by atoms with van der Waals surface area (Å²) in [6.07, 6.45) is 2.65. The Morgan fingerprint density at radius 1 is 0.947 bits per heavy atom. The van der Waals surface area contributed by atoms with E-state index in [0.29, 0.717) is 6.42 Å². The van der Waals surface area contributed by atoms with Crippen LogP contribution >= 0.6 is 0 Å². The van der Waals surface area contributed by atoms with E-state index in [1.54, 1.807) is 6.92 Å². The molecule has 0 heterocycles. The van der Waals surface area contributed by atoms with Crippen LogP contribution in [-0.4, -0.2) is 5.78 Å². The van der Waals surface area contributed by atoms with Gasteiger partial charge < -0.3 is 0 Å². The second kappa shape index (κ2) is 7.84. The fraction of sp³-hybridized carbons (Fsp3) is 0.118. The normalized spacial score (nSPS) is 10.7. The molecule has 0 amide bonds. The van der Waals surface area contributed by atoms with Gasteiger partial charge in [0.15, 0.2) is 5.78 Å². The van der Waals surface area contributed by atoms with Crippen LogP contribution in [-0.2, 0) is 31.6 Å². The molecule has 2 aromatic rings. The van der Waals surface area contributed by atoms with Gasteiger partial charge >= 0.3 is 0 Å². The van der Waals surface area contributed by atoms with Gasteiger partial charge in [0.05, 0.1) is 0 Å². The average Bonchev–Trinajstić information content (AvgIpc) is 2.40. The minimum absolute atomic E-state index is 0. The van der Waals surface area contributed by atoms with Crippen molar-refractivity contribution in [3.8, 4) is 0 Å². The van der Waals surface area contributed by atoms with Crippen LogP contribution in [0.5, 0.6) is 0 Å². The van der Waals surface area contributed by atoms with Crippen molar-refractivity contribution in [1.82, 2.24) is 0 Å². The Morgan fingerprint density at radius 2 is 1.47 bits per heavy atom. The number of allylic oxidation sites excluding steroid dienone is 1. The molecule has 2 heteroatoms. The first-order valence-corrected chi connectivity index (χ1v) is 6.06. The minimum Gasteiger partial charge on any atom is -0.295 e. The summed E-state index contributed by atoms with van der Waals surface area (Å²) in [4.78, 5) is 11.7. The zero-order valence-electron chi connectivity index (χ0n) is 10.8. The van der Waals surface area contributed by atoms with E-state index in [4.69, 9.17) is 0 Å². The molecule has 2 rings (SSSR count). The third-order valence-electron chi connectivity index (χ3n) is 2.83. The van der Waals surface area contributed by atoms with Crippen LogP contribution in [0.3, 0.4) is 0 Å². The van der Waals surface area contributed by atoms with Crippen molar-refractivity contribution < 1.29 is 25.2 Å². The summed E-state index contributed by atoms with van der Waals surface area (Å²) in [6, 6.07) is 20.0. The molecular weight excluding hydrogens is 327 g/mol. The summed E-state index contributed by atoms with van der Waals surface area (Å²) >= 11 is 0. The monoisotopic (exact) mass is 342 g/mol. The van der Waals surface area contributed by atoms with Crippen molar-refractivity contribution in [2.75, 3.05) is 0 Å². The molecule has 0 spiro atoms. The molecule has 0 saturated carbocycles. The van der Waals surface area contributed by atoms with Gasteiger partial charge in [-0.3, -0.25) is 4.79 Å². The smallest absolute Gasteiger partial charge is 0.156 e. The summed E-state index contributed by atoms with van der Waals surface area (Å²) in [5, 5.41) is 0. The van der Waals surface area contributed by atoms with Gasteiger partial charge in [-0.15, -0.1) is 0 Å². The van der Waals surface area contributed by atoms with Gasteiger partial charge in [-0.05, 0) is 29.7 Å². The third kappa shape index (κ3) is 4.95. The van der Waals surface area contributed by atoms with Crippen molar-refractivity contribution in [2.45, 2.75) is 13.3 Å². The molecule has 100 valence electrons. The van der Waals surface area contributed by atoms with Gasteiger partial charge in [-0.2, -0.15) is 0 Å². The SMILES string of the molecule is CC(=O)C(=Cc1ccccc1)Cc1ccccc1.[Pd]. The molecule has 19 heavy (non-hydrogen) atoms. The Bertz CT molecular complexity index is 544. The molecule has 0 bridgehead atoms. The fourth-order valence-electron chi connectivity index (χ4n) is 1.84. The number of hydrogen-bond acceptors (Lipinski definition) is 1. The second-order valence-electron chi connectivity index (χ2n) is 4.30. The number of carbonyl (C=O) groups is 1. The first kappa shape index (κ1) is 15.6. The van der Waals surface area contributed by atoms with E-state index in [1.807, 2.05) is 66.7 Å². The van der Waals surface area contributed by atoms with Gasteiger partial charge in [-0.25, -0.2) is 0 Å². The number of carbonyl (C=O) groups excluding carboxylic acids is 1. The molecular formula is C17H16OPd. The van der Waals surface area contributed by atoms with Crippen LogP contribution in [0.4, 0.5) is 0 Å². The third-order valence-corrected chi connectivity index (χ3v) is 2.83. The Morgan fingerprint density at radius 3 is 2.00 bits per heavy atom. The first-order valence-electron chi connectivity index (χ1n) is 6.06. The molecule has 1 nitrogen and oxygen atoms in total. The zero-order chi connectivity index (χ0) is 12.8. The molecule has 0 atom stereocenters. The molecule has 0 aliphatic rings. The number of rotatable bonds is 4. The first-order chi connectivity index (χ1) is 8.75. The molecule has 0 aliphatic carbocycles. The van der Waals surface area contributed by atoms with E-state index in [0.717, 1.165) is 16.7 Å². The summed E-state index contributed by atoms with van der Waals surface area (Å²) in [7, 11) is 0. The minimum atomic E-state index is 0. The maximum Gasteiger partial charge on any atom is 0.156 e. The molecule has 2 aromatic carbocycles. The van der Waals surface area contributed by atoms with Gasteiger partial charge in [0.2, 0.25) is 0 Å². The van der Waals surface area contributed by atoms with E-state index < -0.39 is 0 Å². The van der Waals surface area contributed by atoms with Gasteiger partial charge in [-0.1, -0.05) is 60.7 Å². The Labute approximate surface area is 128 Å². The number of Topliss-reactive ketones (excluding diaryl/α,β-unsaturated/α-hetero) is 1. The van der Waals surface area contributed by atoms with E-state index >= 15 is 0 Å². The van der Waals surface area contributed by atoms with Crippen molar-refractivity contribution in [2.24, 2.45) is 0 Å². The predicted molar refractivity (Wildman–Crippen MR) is 75.2 cm³/mol. The average molecular weight is 343 g/mol. The number of hydrogen-bond donors (Lipinski definition) is 0. The standard InChI is InChI=1S/C17H16O.Pd/c1-14(18)17(12-15-8-4-2-5-9-15)13-16-10-6-3-7-11-16;/h2-12H,13H2,1H3;. The summed E-state index contributed by atoms with van der Waals surface area (Å²) in [6.45, 7) is 1.62.